The monoisotopic (exact) mass is 180 g/mol. The van der Waals surface area contributed by atoms with Crippen LogP contribution in [-0.4, -0.2) is 11.2 Å². The molecule has 58 valence electrons. The Kier molecular flexibility index (Phi) is 4.49. The molecule has 4 heteroatoms. The summed E-state index contributed by atoms with van der Waals surface area (Å²) in [4.78, 5) is 0. The molecule has 0 aliphatic carbocycles. The van der Waals surface area contributed by atoms with Gasteiger partial charge in [0.15, 0.2) is 0 Å². The van der Waals surface area contributed by atoms with Gasteiger partial charge in [0.2, 0.25) is 0 Å². The van der Waals surface area contributed by atoms with E-state index in [9.17, 15) is 0 Å². The highest BCUT2D eigenvalue weighted by Gasteiger charge is 1.94. The van der Waals surface area contributed by atoms with Crippen molar-refractivity contribution in [2.45, 2.75) is 19.9 Å². The van der Waals surface area contributed by atoms with Crippen molar-refractivity contribution in [2.24, 2.45) is 0 Å². The van der Waals surface area contributed by atoms with Gasteiger partial charge in [0.25, 0.3) is 0 Å². The maximum absolute atomic E-state index is 6.83. The van der Waals surface area contributed by atoms with Crippen LogP contribution in [0.3, 0.4) is 0 Å². The zero-order valence-corrected chi connectivity index (χ0v) is 7.42. The van der Waals surface area contributed by atoms with Crippen LogP contribution >= 0.6 is 23.2 Å². The molecular formula is C6H10Cl2N2. The molecule has 0 spiro atoms. The Hall–Kier alpha value is -0.210. The SMILES string of the molecule is CC(C)NC(Cl)=CC(=N)Cl. The van der Waals surface area contributed by atoms with Crippen molar-refractivity contribution in [1.82, 2.24) is 5.32 Å². The van der Waals surface area contributed by atoms with E-state index in [4.69, 9.17) is 28.6 Å². The second-order valence-corrected chi connectivity index (χ2v) is 2.95. The first-order chi connectivity index (χ1) is 4.52. The normalized spacial score (nSPS) is 11.9. The van der Waals surface area contributed by atoms with Crippen LogP contribution in [0.1, 0.15) is 13.8 Å². The number of nitrogens with one attached hydrogen (secondary N) is 2. The van der Waals surface area contributed by atoms with E-state index in [1.807, 2.05) is 13.8 Å². The summed E-state index contributed by atoms with van der Waals surface area (Å²) in [6.45, 7) is 3.90. The van der Waals surface area contributed by atoms with Gasteiger partial charge in [-0.2, -0.15) is 0 Å². The highest BCUT2D eigenvalue weighted by molar-refractivity contribution is 6.68. The molecule has 0 saturated carbocycles. The van der Waals surface area contributed by atoms with Crippen molar-refractivity contribution >= 4 is 28.4 Å². The number of rotatable bonds is 3. The van der Waals surface area contributed by atoms with Gasteiger partial charge in [0.05, 0.1) is 0 Å². The average Bonchev–Trinajstić information content (AvgIpc) is 1.58. The third kappa shape index (κ3) is 5.92. The summed E-state index contributed by atoms with van der Waals surface area (Å²) in [7, 11) is 0. The van der Waals surface area contributed by atoms with E-state index in [0.29, 0.717) is 5.16 Å². The molecule has 2 nitrogen and oxygen atoms in total. The summed E-state index contributed by atoms with van der Waals surface area (Å²) in [6.07, 6.45) is 1.35. The average molecular weight is 181 g/mol. The van der Waals surface area contributed by atoms with Gasteiger partial charge in [-0.05, 0) is 13.8 Å². The highest BCUT2D eigenvalue weighted by Crippen LogP contribution is 1.99. The lowest BCUT2D eigenvalue weighted by Gasteiger charge is -2.06. The molecule has 0 aliphatic rings. The van der Waals surface area contributed by atoms with E-state index >= 15 is 0 Å². The van der Waals surface area contributed by atoms with Gasteiger partial charge in [-0.25, -0.2) is 0 Å². The van der Waals surface area contributed by atoms with E-state index in [1.54, 1.807) is 0 Å². The second-order valence-electron chi connectivity index (χ2n) is 2.14. The van der Waals surface area contributed by atoms with Gasteiger partial charge >= 0.3 is 0 Å². The van der Waals surface area contributed by atoms with Crippen LogP contribution in [0.5, 0.6) is 0 Å². The zero-order chi connectivity index (χ0) is 8.15. The fourth-order valence-electron chi connectivity index (χ4n) is 0.429. The number of allylic oxidation sites excluding steroid dienone is 1. The highest BCUT2D eigenvalue weighted by atomic mass is 35.5. The van der Waals surface area contributed by atoms with E-state index in [2.05, 4.69) is 5.32 Å². The molecular weight excluding hydrogens is 171 g/mol. The largest absolute Gasteiger partial charge is 0.374 e. The number of hydrogen-bond donors (Lipinski definition) is 2. The summed E-state index contributed by atoms with van der Waals surface area (Å²) in [5.41, 5.74) is 0. The lowest BCUT2D eigenvalue weighted by molar-refractivity contribution is 0.693. The molecule has 0 aromatic rings. The minimum absolute atomic E-state index is 0.0712. The Labute approximate surface area is 70.7 Å². The summed E-state index contributed by atoms with van der Waals surface area (Å²) in [5, 5.41) is 10.0. The predicted molar refractivity (Wildman–Crippen MR) is 45.8 cm³/mol. The van der Waals surface area contributed by atoms with Crippen molar-refractivity contribution < 1.29 is 0 Å². The van der Waals surface area contributed by atoms with E-state index < -0.39 is 0 Å². The summed E-state index contributed by atoms with van der Waals surface area (Å²) in [6, 6.07) is 0.264. The second kappa shape index (κ2) is 4.58. The van der Waals surface area contributed by atoms with Gasteiger partial charge in [0.1, 0.15) is 10.3 Å². The number of hydrogen-bond acceptors (Lipinski definition) is 2. The first-order valence-corrected chi connectivity index (χ1v) is 3.65. The van der Waals surface area contributed by atoms with Gasteiger partial charge < -0.3 is 5.32 Å². The van der Waals surface area contributed by atoms with Crippen LogP contribution in [0.15, 0.2) is 11.2 Å². The van der Waals surface area contributed by atoms with E-state index in [1.165, 1.54) is 6.08 Å². The number of halogens is 2. The molecule has 0 amide bonds. The summed E-state index contributed by atoms with van der Waals surface area (Å²) >= 11 is 10.8. The third-order valence-electron chi connectivity index (χ3n) is 0.680. The molecule has 0 bridgehead atoms. The standard InChI is InChI=1S/C6H10Cl2N2/c1-4(2)10-6(8)3-5(7)9/h3-4,9-10H,1-2H3. The summed E-state index contributed by atoms with van der Waals surface area (Å²) in [5.74, 6) is 0. The fraction of sp³-hybridized carbons (Fsp3) is 0.500. The van der Waals surface area contributed by atoms with Crippen LogP contribution in [0.2, 0.25) is 0 Å². The van der Waals surface area contributed by atoms with Crippen molar-refractivity contribution in [3.63, 3.8) is 0 Å². The first kappa shape index (κ1) is 9.79. The Morgan fingerprint density at radius 3 is 2.30 bits per heavy atom. The van der Waals surface area contributed by atoms with Crippen LogP contribution in [-0.2, 0) is 0 Å². The Bertz CT molecular complexity index is 152. The zero-order valence-electron chi connectivity index (χ0n) is 5.91. The lowest BCUT2D eigenvalue weighted by atomic mass is 10.4. The first-order valence-electron chi connectivity index (χ1n) is 2.90. The van der Waals surface area contributed by atoms with Crippen LogP contribution in [0, 0.1) is 5.41 Å². The lowest BCUT2D eigenvalue weighted by Crippen LogP contribution is -2.19. The molecule has 0 aliphatic heterocycles. The third-order valence-corrected chi connectivity index (χ3v) is 1.01. The van der Waals surface area contributed by atoms with Crippen LogP contribution in [0.25, 0.3) is 0 Å². The van der Waals surface area contributed by atoms with Gasteiger partial charge in [-0.3, -0.25) is 5.41 Å². The molecule has 0 atom stereocenters. The molecule has 0 unspecified atom stereocenters. The Morgan fingerprint density at radius 1 is 1.50 bits per heavy atom. The maximum atomic E-state index is 6.83. The van der Waals surface area contributed by atoms with E-state index in [-0.39, 0.29) is 11.2 Å². The molecule has 0 rings (SSSR count). The minimum atomic E-state index is -0.0712. The minimum Gasteiger partial charge on any atom is -0.374 e. The van der Waals surface area contributed by atoms with Crippen LogP contribution < -0.4 is 5.32 Å². The smallest absolute Gasteiger partial charge is 0.123 e. The van der Waals surface area contributed by atoms with Crippen LogP contribution in [0.4, 0.5) is 0 Å². The predicted octanol–water partition coefficient (Wildman–Crippen LogP) is 2.28. The molecule has 2 N–H and O–H groups in total. The van der Waals surface area contributed by atoms with Crippen molar-refractivity contribution in [2.75, 3.05) is 0 Å². The molecule has 0 saturated heterocycles. The molecule has 0 radical (unpaired) electrons. The summed E-state index contributed by atoms with van der Waals surface area (Å²) < 4.78 is 0. The van der Waals surface area contributed by atoms with E-state index in [0.717, 1.165) is 0 Å². The fourth-order valence-corrected chi connectivity index (χ4v) is 0.921. The molecule has 10 heavy (non-hydrogen) atoms. The Balaban J connectivity index is 3.83. The molecule has 0 heterocycles. The Morgan fingerprint density at radius 2 is 2.00 bits per heavy atom. The quantitative estimate of drug-likeness (QED) is 0.508. The van der Waals surface area contributed by atoms with Gasteiger partial charge in [-0.15, -0.1) is 0 Å². The topological polar surface area (TPSA) is 35.9 Å². The van der Waals surface area contributed by atoms with Crippen molar-refractivity contribution in [3.05, 3.63) is 11.2 Å². The van der Waals surface area contributed by atoms with Crippen molar-refractivity contribution in [3.8, 4) is 0 Å². The van der Waals surface area contributed by atoms with Crippen molar-refractivity contribution in [1.29, 1.82) is 5.41 Å². The maximum Gasteiger partial charge on any atom is 0.123 e. The van der Waals surface area contributed by atoms with Gasteiger partial charge in [-0.1, -0.05) is 23.2 Å². The molecule has 0 aromatic heterocycles. The molecule has 0 aromatic carbocycles. The van der Waals surface area contributed by atoms with Gasteiger partial charge in [0, 0.05) is 12.1 Å². The molecule has 0 fully saturated rings.